The van der Waals surface area contributed by atoms with Gasteiger partial charge in [-0.25, -0.2) is 0 Å². The second-order valence-corrected chi connectivity index (χ2v) is 8.90. The normalized spacial score (nSPS) is 14.7. The number of rotatable bonds is 7. The van der Waals surface area contributed by atoms with Gasteiger partial charge in [0, 0.05) is 21.3 Å². The summed E-state index contributed by atoms with van der Waals surface area (Å²) in [6.07, 6.45) is 0. The van der Waals surface area contributed by atoms with Crippen molar-refractivity contribution in [2.24, 2.45) is 0 Å². The number of amides is 1. The molecule has 0 radical (unpaired) electrons. The lowest BCUT2D eigenvalue weighted by Gasteiger charge is -2.27. The first kappa shape index (κ1) is 23.0. The van der Waals surface area contributed by atoms with E-state index in [0.717, 1.165) is 38.3 Å². The largest absolute Gasteiger partial charge is 0.494 e. The van der Waals surface area contributed by atoms with Crippen LogP contribution in [0.5, 0.6) is 17.2 Å². The summed E-state index contributed by atoms with van der Waals surface area (Å²) in [5.41, 5.74) is 4.55. The van der Waals surface area contributed by atoms with Crippen LogP contribution in [0.15, 0.2) is 71.2 Å². The van der Waals surface area contributed by atoms with Gasteiger partial charge in [-0.15, -0.1) is 0 Å². The van der Waals surface area contributed by atoms with E-state index < -0.39 is 6.04 Å². The number of hydrogen-bond donors (Lipinski definition) is 1. The van der Waals surface area contributed by atoms with Crippen molar-refractivity contribution in [1.82, 2.24) is 10.2 Å². The molecule has 0 fully saturated rings. The predicted molar refractivity (Wildman–Crippen MR) is 138 cm³/mol. The van der Waals surface area contributed by atoms with E-state index >= 15 is 0 Å². The Bertz CT molecular complexity index is 1370. The fraction of sp³-hybridized carbons (Fsp3) is 0.185. The van der Waals surface area contributed by atoms with Crippen LogP contribution in [-0.2, 0) is 0 Å². The summed E-state index contributed by atoms with van der Waals surface area (Å²) in [4.78, 5) is 15.5. The molecule has 0 aliphatic carbocycles. The minimum atomic E-state index is -0.418. The summed E-state index contributed by atoms with van der Waals surface area (Å²) in [6, 6.07) is 20.7. The summed E-state index contributed by atoms with van der Waals surface area (Å²) >= 11 is 3.48. The summed E-state index contributed by atoms with van der Waals surface area (Å²) in [6.45, 7) is 2.54. The molecule has 1 aliphatic heterocycles. The van der Waals surface area contributed by atoms with E-state index in [9.17, 15) is 4.79 Å². The Hall–Kier alpha value is -3.78. The van der Waals surface area contributed by atoms with Crippen molar-refractivity contribution in [3.8, 4) is 28.5 Å². The van der Waals surface area contributed by atoms with Gasteiger partial charge in [0.1, 0.15) is 11.4 Å². The molecule has 178 valence electrons. The van der Waals surface area contributed by atoms with Crippen LogP contribution in [0.4, 0.5) is 5.69 Å². The highest BCUT2D eigenvalue weighted by Crippen LogP contribution is 2.46. The molecule has 1 aromatic heterocycles. The van der Waals surface area contributed by atoms with Gasteiger partial charge < -0.3 is 14.2 Å². The molecule has 5 rings (SSSR count). The van der Waals surface area contributed by atoms with Gasteiger partial charge in [-0.2, -0.15) is 5.10 Å². The average Bonchev–Trinajstić information content (AvgIpc) is 3.44. The molecule has 3 aromatic carbocycles. The molecule has 0 unspecified atom stereocenters. The molecule has 0 saturated heterocycles. The van der Waals surface area contributed by atoms with Gasteiger partial charge in [-0.1, -0.05) is 22.0 Å². The number of carbonyl (C=O) groups is 1. The number of methoxy groups -OCH3 is 2. The first-order chi connectivity index (χ1) is 17.0. The van der Waals surface area contributed by atoms with E-state index in [1.165, 1.54) is 0 Å². The first-order valence-electron chi connectivity index (χ1n) is 11.2. The van der Waals surface area contributed by atoms with Crippen molar-refractivity contribution in [1.29, 1.82) is 0 Å². The number of aromatic amines is 1. The summed E-state index contributed by atoms with van der Waals surface area (Å²) in [7, 11) is 3.20. The topological polar surface area (TPSA) is 76.7 Å². The third-order valence-electron chi connectivity index (χ3n) is 6.04. The third-order valence-corrected chi connectivity index (χ3v) is 6.56. The van der Waals surface area contributed by atoms with Crippen LogP contribution in [0.25, 0.3) is 11.3 Å². The minimum absolute atomic E-state index is 0.146. The number of fused-ring (bicyclic) bond motifs is 1. The van der Waals surface area contributed by atoms with E-state index in [2.05, 4.69) is 26.1 Å². The zero-order valence-corrected chi connectivity index (χ0v) is 21.1. The van der Waals surface area contributed by atoms with Crippen LogP contribution in [0.2, 0.25) is 0 Å². The number of nitrogens with one attached hydrogen (secondary N) is 1. The summed E-state index contributed by atoms with van der Waals surface area (Å²) in [5, 5.41) is 7.55. The second-order valence-electron chi connectivity index (χ2n) is 7.99. The Morgan fingerprint density at radius 2 is 1.69 bits per heavy atom. The highest BCUT2D eigenvalue weighted by atomic mass is 79.9. The lowest BCUT2D eigenvalue weighted by molar-refractivity contribution is 0.0988. The van der Waals surface area contributed by atoms with E-state index in [0.29, 0.717) is 23.8 Å². The fourth-order valence-electron chi connectivity index (χ4n) is 4.45. The molecule has 1 atom stereocenters. The van der Waals surface area contributed by atoms with Crippen molar-refractivity contribution in [2.75, 3.05) is 25.7 Å². The maximum Gasteiger partial charge on any atom is 0.277 e. The molecular weight excluding hydrogens is 510 g/mol. The SMILES string of the molecule is CCOc1ccc(-c2n[nH]c3c2[C@@H](c2ccc(OC)c(OC)c2)N(c2ccc(Br)cc2)C3=O)cc1. The van der Waals surface area contributed by atoms with Gasteiger partial charge in [0.25, 0.3) is 5.91 Å². The molecule has 1 aliphatic rings. The Balaban J connectivity index is 1.68. The number of aromatic nitrogens is 2. The zero-order chi connectivity index (χ0) is 24.5. The Morgan fingerprint density at radius 3 is 2.34 bits per heavy atom. The van der Waals surface area contributed by atoms with Crippen molar-refractivity contribution in [2.45, 2.75) is 13.0 Å². The molecule has 0 spiro atoms. The van der Waals surface area contributed by atoms with Gasteiger partial charge in [0.15, 0.2) is 11.5 Å². The molecule has 4 aromatic rings. The summed E-state index contributed by atoms with van der Waals surface area (Å²) < 4.78 is 17.5. The number of nitrogens with zero attached hydrogens (tertiary/aromatic N) is 2. The van der Waals surface area contributed by atoms with Crippen LogP contribution < -0.4 is 19.1 Å². The van der Waals surface area contributed by atoms with Crippen LogP contribution in [0, 0.1) is 0 Å². The van der Waals surface area contributed by atoms with Crippen molar-refractivity contribution in [3.63, 3.8) is 0 Å². The third kappa shape index (κ3) is 4.04. The number of halogens is 1. The number of hydrogen-bond acceptors (Lipinski definition) is 5. The Morgan fingerprint density at radius 1 is 0.971 bits per heavy atom. The van der Waals surface area contributed by atoms with Gasteiger partial charge in [-0.3, -0.25) is 14.8 Å². The van der Waals surface area contributed by atoms with Gasteiger partial charge in [-0.05, 0) is 73.2 Å². The maximum atomic E-state index is 13.7. The van der Waals surface area contributed by atoms with E-state index in [-0.39, 0.29) is 5.91 Å². The number of ether oxygens (including phenoxy) is 3. The molecule has 2 heterocycles. The van der Waals surface area contributed by atoms with E-state index in [1.54, 1.807) is 19.1 Å². The Labute approximate surface area is 211 Å². The quantitative estimate of drug-likeness (QED) is 0.315. The lowest BCUT2D eigenvalue weighted by Crippen LogP contribution is -2.29. The predicted octanol–water partition coefficient (Wildman–Crippen LogP) is 6.00. The van der Waals surface area contributed by atoms with Crippen molar-refractivity contribution < 1.29 is 19.0 Å². The van der Waals surface area contributed by atoms with Crippen molar-refractivity contribution >= 4 is 27.5 Å². The van der Waals surface area contributed by atoms with E-state index in [4.69, 9.17) is 14.2 Å². The standard InChI is InChI=1S/C27H24BrN3O4/c1-4-35-20-12-5-16(6-13-20)24-23-25(30-29-24)27(32)31(19-10-8-18(28)9-11-19)26(23)17-7-14-21(33-2)22(15-17)34-3/h5-15,26H,4H2,1-3H3,(H,29,30)/t26-/m1/s1. The molecule has 0 bridgehead atoms. The van der Waals surface area contributed by atoms with Crippen molar-refractivity contribution in [3.05, 3.63) is 88.0 Å². The van der Waals surface area contributed by atoms with E-state index in [1.807, 2.05) is 73.7 Å². The van der Waals surface area contributed by atoms with Crippen LogP contribution in [0.1, 0.15) is 34.6 Å². The first-order valence-corrected chi connectivity index (χ1v) is 12.0. The molecular formula is C27H24BrN3O4. The number of anilines is 1. The number of H-pyrrole nitrogens is 1. The second kappa shape index (κ2) is 9.46. The van der Waals surface area contributed by atoms with Crippen LogP contribution in [0.3, 0.4) is 0 Å². The average molecular weight is 534 g/mol. The molecule has 0 saturated carbocycles. The van der Waals surface area contributed by atoms with Gasteiger partial charge in [0.05, 0.1) is 32.6 Å². The van der Waals surface area contributed by atoms with Crippen LogP contribution in [-0.4, -0.2) is 36.9 Å². The zero-order valence-electron chi connectivity index (χ0n) is 19.5. The molecule has 7 nitrogen and oxygen atoms in total. The molecule has 1 amide bonds. The van der Waals surface area contributed by atoms with Crippen LogP contribution >= 0.6 is 15.9 Å². The molecule has 8 heteroatoms. The van der Waals surface area contributed by atoms with Gasteiger partial charge >= 0.3 is 0 Å². The Kier molecular flexibility index (Phi) is 6.21. The minimum Gasteiger partial charge on any atom is -0.494 e. The molecule has 1 N–H and O–H groups in total. The van der Waals surface area contributed by atoms with Gasteiger partial charge in [0.2, 0.25) is 0 Å². The number of carbonyl (C=O) groups excluding carboxylic acids is 1. The summed E-state index contributed by atoms with van der Waals surface area (Å²) in [5.74, 6) is 1.85. The highest BCUT2D eigenvalue weighted by molar-refractivity contribution is 9.10. The smallest absolute Gasteiger partial charge is 0.277 e. The fourth-order valence-corrected chi connectivity index (χ4v) is 4.71. The number of benzene rings is 3. The maximum absolute atomic E-state index is 13.7. The molecule has 35 heavy (non-hydrogen) atoms. The highest BCUT2D eigenvalue weighted by Gasteiger charge is 2.43. The monoisotopic (exact) mass is 533 g/mol. The lowest BCUT2D eigenvalue weighted by atomic mass is 9.95.